The molecule has 0 aliphatic rings. The van der Waals surface area contributed by atoms with E-state index in [-0.39, 0.29) is 5.82 Å². The molecule has 17 heavy (non-hydrogen) atoms. The summed E-state index contributed by atoms with van der Waals surface area (Å²) in [5.74, 6) is -0.245. The molecule has 1 aromatic rings. The van der Waals surface area contributed by atoms with Crippen molar-refractivity contribution in [3.8, 4) is 0 Å². The highest BCUT2D eigenvalue weighted by Crippen LogP contribution is 2.23. The zero-order valence-electron chi connectivity index (χ0n) is 10.9. The molecule has 0 radical (unpaired) electrons. The number of aliphatic hydroxyl groups excluding tert-OH is 1. The number of rotatable bonds is 6. The molecule has 0 amide bonds. The molecule has 2 nitrogen and oxygen atoms in total. The number of hydrogen-bond acceptors (Lipinski definition) is 2. The first-order valence-corrected chi connectivity index (χ1v) is 6.32. The van der Waals surface area contributed by atoms with E-state index in [9.17, 15) is 9.50 Å². The topological polar surface area (TPSA) is 23.5 Å². The molecule has 1 aromatic carbocycles. The fourth-order valence-corrected chi connectivity index (χ4v) is 1.93. The third-order valence-corrected chi connectivity index (χ3v) is 2.78. The average Bonchev–Trinajstić information content (AvgIpc) is 2.28. The Morgan fingerprint density at radius 3 is 2.24 bits per heavy atom. The van der Waals surface area contributed by atoms with Gasteiger partial charge in [0.1, 0.15) is 5.82 Å². The van der Waals surface area contributed by atoms with E-state index in [1.165, 1.54) is 6.07 Å². The summed E-state index contributed by atoms with van der Waals surface area (Å²) in [4.78, 5) is 2.06. The van der Waals surface area contributed by atoms with Gasteiger partial charge in [0, 0.05) is 13.1 Å². The quantitative estimate of drug-likeness (QED) is 0.821. The van der Waals surface area contributed by atoms with Crippen molar-refractivity contribution in [2.75, 3.05) is 18.0 Å². The minimum absolute atomic E-state index is 0.245. The number of aliphatic hydroxyl groups is 1. The van der Waals surface area contributed by atoms with Crippen molar-refractivity contribution in [2.45, 2.75) is 39.7 Å². The molecule has 0 aliphatic heterocycles. The molecule has 0 spiro atoms. The van der Waals surface area contributed by atoms with Gasteiger partial charge in [-0.25, -0.2) is 4.39 Å². The van der Waals surface area contributed by atoms with Gasteiger partial charge in [-0.15, -0.1) is 0 Å². The summed E-state index contributed by atoms with van der Waals surface area (Å²) >= 11 is 0. The molecule has 0 aromatic heterocycles. The average molecular weight is 239 g/mol. The van der Waals surface area contributed by atoms with Crippen LogP contribution in [0, 0.1) is 5.82 Å². The van der Waals surface area contributed by atoms with E-state index < -0.39 is 6.10 Å². The van der Waals surface area contributed by atoms with Gasteiger partial charge in [-0.3, -0.25) is 0 Å². The lowest BCUT2D eigenvalue weighted by Crippen LogP contribution is -2.25. The Bertz CT molecular complexity index is 346. The van der Waals surface area contributed by atoms with Crippen LogP contribution in [0.2, 0.25) is 0 Å². The molecule has 0 saturated carbocycles. The normalized spacial score (nSPS) is 12.5. The first-order chi connectivity index (χ1) is 8.10. The molecule has 1 unspecified atom stereocenters. The van der Waals surface area contributed by atoms with Crippen LogP contribution in [0.1, 0.15) is 45.3 Å². The fraction of sp³-hybridized carbons (Fsp3) is 0.571. The maximum Gasteiger partial charge on any atom is 0.146 e. The Labute approximate surface area is 103 Å². The maximum absolute atomic E-state index is 14.0. The van der Waals surface area contributed by atoms with E-state index in [0.717, 1.165) is 25.9 Å². The van der Waals surface area contributed by atoms with Crippen LogP contribution in [0.3, 0.4) is 0 Å². The summed E-state index contributed by atoms with van der Waals surface area (Å²) in [6, 6.07) is 4.99. The predicted molar refractivity (Wildman–Crippen MR) is 69.8 cm³/mol. The Morgan fingerprint density at radius 1 is 1.24 bits per heavy atom. The van der Waals surface area contributed by atoms with Crippen LogP contribution in [0.5, 0.6) is 0 Å². The number of hydrogen-bond donors (Lipinski definition) is 1. The van der Waals surface area contributed by atoms with Crippen molar-refractivity contribution in [1.29, 1.82) is 0 Å². The minimum atomic E-state index is -0.621. The van der Waals surface area contributed by atoms with Crippen molar-refractivity contribution in [2.24, 2.45) is 0 Å². The Balaban J connectivity index is 2.95. The molecule has 1 atom stereocenters. The van der Waals surface area contributed by atoms with Crippen LogP contribution in [-0.4, -0.2) is 18.2 Å². The summed E-state index contributed by atoms with van der Waals surface area (Å²) in [5, 5.41) is 9.40. The third-order valence-electron chi connectivity index (χ3n) is 2.78. The zero-order chi connectivity index (χ0) is 12.8. The summed E-state index contributed by atoms with van der Waals surface area (Å²) in [5.41, 5.74) is 1.26. The predicted octanol–water partition coefficient (Wildman–Crippen LogP) is 3.51. The molecule has 1 rings (SSSR count). The molecule has 1 N–H and O–H groups in total. The largest absolute Gasteiger partial charge is 0.389 e. The molecule has 0 fully saturated rings. The second-order valence-corrected chi connectivity index (χ2v) is 4.37. The number of benzene rings is 1. The van der Waals surface area contributed by atoms with Crippen LogP contribution in [0.25, 0.3) is 0 Å². The van der Waals surface area contributed by atoms with Crippen LogP contribution >= 0.6 is 0 Å². The standard InChI is InChI=1S/C14H22FNO/c1-4-8-16(9-5-2)14-7-6-12(11(3)17)10-13(14)15/h6-7,10-11,17H,4-5,8-9H2,1-3H3. The molecule has 0 saturated heterocycles. The monoisotopic (exact) mass is 239 g/mol. The molecule has 3 heteroatoms. The lowest BCUT2D eigenvalue weighted by atomic mass is 10.1. The first-order valence-electron chi connectivity index (χ1n) is 6.32. The smallest absolute Gasteiger partial charge is 0.146 e. The second-order valence-electron chi connectivity index (χ2n) is 4.37. The molecule has 96 valence electrons. The maximum atomic E-state index is 14.0. The van der Waals surface area contributed by atoms with Gasteiger partial charge >= 0.3 is 0 Å². The van der Waals surface area contributed by atoms with E-state index in [0.29, 0.717) is 11.3 Å². The van der Waals surface area contributed by atoms with Gasteiger partial charge < -0.3 is 10.0 Å². The molecule has 0 bridgehead atoms. The van der Waals surface area contributed by atoms with Gasteiger partial charge in [-0.05, 0) is 37.5 Å². The van der Waals surface area contributed by atoms with Gasteiger partial charge in [0.25, 0.3) is 0 Å². The Morgan fingerprint density at radius 2 is 1.82 bits per heavy atom. The molecule has 0 heterocycles. The number of halogens is 1. The van der Waals surface area contributed by atoms with E-state index >= 15 is 0 Å². The summed E-state index contributed by atoms with van der Waals surface area (Å²) < 4.78 is 14.0. The van der Waals surface area contributed by atoms with E-state index in [1.807, 2.05) is 0 Å². The van der Waals surface area contributed by atoms with E-state index in [1.54, 1.807) is 19.1 Å². The number of anilines is 1. The number of nitrogens with zero attached hydrogens (tertiary/aromatic N) is 1. The highest BCUT2D eigenvalue weighted by molar-refractivity contribution is 5.49. The van der Waals surface area contributed by atoms with Crippen molar-refractivity contribution >= 4 is 5.69 Å². The van der Waals surface area contributed by atoms with Crippen LogP contribution in [0.15, 0.2) is 18.2 Å². The van der Waals surface area contributed by atoms with Gasteiger partial charge in [-0.2, -0.15) is 0 Å². The fourth-order valence-electron chi connectivity index (χ4n) is 1.93. The molecular formula is C14H22FNO. The lowest BCUT2D eigenvalue weighted by molar-refractivity contribution is 0.199. The van der Waals surface area contributed by atoms with Gasteiger partial charge in [0.15, 0.2) is 0 Å². The third kappa shape index (κ3) is 3.70. The van der Waals surface area contributed by atoms with Gasteiger partial charge in [-0.1, -0.05) is 19.9 Å². The Kier molecular flexibility index (Phi) is 5.42. The Hall–Kier alpha value is -1.09. The second kappa shape index (κ2) is 6.60. The zero-order valence-corrected chi connectivity index (χ0v) is 10.9. The summed E-state index contributed by atoms with van der Waals surface area (Å²) in [6.45, 7) is 7.54. The van der Waals surface area contributed by atoms with Crippen LogP contribution in [-0.2, 0) is 0 Å². The van der Waals surface area contributed by atoms with E-state index in [2.05, 4.69) is 18.7 Å². The highest BCUT2D eigenvalue weighted by Gasteiger charge is 2.12. The van der Waals surface area contributed by atoms with Crippen molar-refractivity contribution in [3.63, 3.8) is 0 Å². The highest BCUT2D eigenvalue weighted by atomic mass is 19.1. The summed E-state index contributed by atoms with van der Waals surface area (Å²) in [7, 11) is 0. The van der Waals surface area contributed by atoms with Crippen molar-refractivity contribution in [3.05, 3.63) is 29.6 Å². The molecular weight excluding hydrogens is 217 g/mol. The first kappa shape index (κ1) is 14.0. The summed E-state index contributed by atoms with van der Waals surface area (Å²) in [6.07, 6.45) is 1.37. The minimum Gasteiger partial charge on any atom is -0.389 e. The molecule has 0 aliphatic carbocycles. The van der Waals surface area contributed by atoms with Gasteiger partial charge in [0.2, 0.25) is 0 Å². The van der Waals surface area contributed by atoms with Gasteiger partial charge in [0.05, 0.1) is 11.8 Å². The van der Waals surface area contributed by atoms with Crippen LogP contribution < -0.4 is 4.90 Å². The lowest BCUT2D eigenvalue weighted by Gasteiger charge is -2.24. The van der Waals surface area contributed by atoms with E-state index in [4.69, 9.17) is 0 Å². The van der Waals surface area contributed by atoms with Crippen molar-refractivity contribution < 1.29 is 9.50 Å². The van der Waals surface area contributed by atoms with Crippen molar-refractivity contribution in [1.82, 2.24) is 0 Å². The van der Waals surface area contributed by atoms with Crippen LogP contribution in [0.4, 0.5) is 10.1 Å². The SMILES string of the molecule is CCCN(CCC)c1ccc(C(C)O)cc1F.